The number of amides is 2. The van der Waals surface area contributed by atoms with Crippen molar-refractivity contribution >= 4 is 46.9 Å². The summed E-state index contributed by atoms with van der Waals surface area (Å²) in [5.74, 6) is -3.77. The maximum atomic E-state index is 16.1. The number of ether oxygens (including phenoxy) is 5. The second-order valence-corrected chi connectivity index (χ2v) is 15.4. The molecule has 2 amide bonds. The molecule has 1 fully saturated rings. The number of nitrogens with one attached hydrogen (secondary N) is 3. The van der Waals surface area contributed by atoms with E-state index < -0.39 is 59.4 Å². The average Bonchev–Trinajstić information content (AvgIpc) is 3.45. The first kappa shape index (κ1) is 44.7. The quantitative estimate of drug-likeness (QED) is 0.101. The number of esters is 1. The zero-order valence-electron chi connectivity index (χ0n) is 32.8. The zero-order chi connectivity index (χ0) is 41.4. The molecule has 0 spiro atoms. The lowest BCUT2D eigenvalue weighted by Gasteiger charge is -2.43. The summed E-state index contributed by atoms with van der Waals surface area (Å²) in [6, 6.07) is 11.2. The van der Waals surface area contributed by atoms with Crippen LogP contribution in [0.2, 0.25) is 10.0 Å². The molecule has 0 aliphatic carbocycles. The Morgan fingerprint density at radius 3 is 2.23 bits per heavy atom. The molecule has 3 N–H and O–H groups in total. The van der Waals surface area contributed by atoms with Crippen LogP contribution in [0.4, 0.5) is 19.3 Å². The summed E-state index contributed by atoms with van der Waals surface area (Å²) in [5, 5.41) is 9.61. The molecule has 3 aromatic rings. The molecule has 1 heterocycles. The van der Waals surface area contributed by atoms with Gasteiger partial charge in [0.05, 0.1) is 48.2 Å². The van der Waals surface area contributed by atoms with E-state index in [2.05, 4.69) is 16.0 Å². The van der Waals surface area contributed by atoms with Crippen molar-refractivity contribution in [2.75, 3.05) is 60.0 Å². The van der Waals surface area contributed by atoms with Gasteiger partial charge in [-0.15, -0.1) is 0 Å². The number of carbonyl (C=O) groups excluding carboxylic acids is 3. The molecule has 56 heavy (non-hydrogen) atoms. The number of likely N-dealkylation sites (N-methyl/N-ethyl adjacent to an activating group) is 1. The van der Waals surface area contributed by atoms with Crippen molar-refractivity contribution in [1.82, 2.24) is 15.5 Å². The Labute approximate surface area is 336 Å². The summed E-state index contributed by atoms with van der Waals surface area (Å²) in [6.45, 7) is 8.43. The van der Waals surface area contributed by atoms with Gasteiger partial charge in [-0.1, -0.05) is 62.2 Å². The molecule has 1 aliphatic heterocycles. The first-order valence-corrected chi connectivity index (χ1v) is 18.7. The van der Waals surface area contributed by atoms with Crippen LogP contribution in [0.1, 0.15) is 61.5 Å². The minimum Gasteiger partial charge on any atom is -0.495 e. The fourth-order valence-corrected chi connectivity index (χ4v) is 7.44. The van der Waals surface area contributed by atoms with Crippen molar-refractivity contribution in [3.8, 4) is 5.75 Å². The number of benzene rings is 3. The van der Waals surface area contributed by atoms with E-state index in [1.807, 2.05) is 20.8 Å². The van der Waals surface area contributed by atoms with Crippen LogP contribution in [0.3, 0.4) is 0 Å². The maximum absolute atomic E-state index is 16.1. The molecule has 16 heteroatoms. The molecule has 306 valence electrons. The van der Waals surface area contributed by atoms with Crippen molar-refractivity contribution in [3.63, 3.8) is 0 Å². The van der Waals surface area contributed by atoms with Crippen LogP contribution in [0.5, 0.6) is 5.75 Å². The highest BCUT2D eigenvalue weighted by Gasteiger charge is 2.60. The number of anilines is 1. The van der Waals surface area contributed by atoms with Crippen molar-refractivity contribution < 1.29 is 46.8 Å². The molecule has 12 nitrogen and oxygen atoms in total. The third kappa shape index (κ3) is 10.3. The lowest BCUT2D eigenvalue weighted by molar-refractivity contribution is -0.118. The Morgan fingerprint density at radius 1 is 0.964 bits per heavy atom. The van der Waals surface area contributed by atoms with Gasteiger partial charge in [-0.3, -0.25) is 4.79 Å². The molecular formula is C40H50Cl2F2N4O8. The van der Waals surface area contributed by atoms with Crippen molar-refractivity contribution in [2.24, 2.45) is 5.41 Å². The molecule has 4 rings (SSSR count). The van der Waals surface area contributed by atoms with Crippen LogP contribution in [-0.2, 0) is 29.3 Å². The highest BCUT2D eigenvalue weighted by Crippen LogP contribution is 2.51. The van der Waals surface area contributed by atoms with E-state index in [0.717, 1.165) is 0 Å². The first-order valence-electron chi connectivity index (χ1n) is 18.0. The van der Waals surface area contributed by atoms with Crippen LogP contribution in [0, 0.1) is 17.0 Å². The van der Waals surface area contributed by atoms with Crippen molar-refractivity contribution in [1.29, 1.82) is 0 Å². The van der Waals surface area contributed by atoms with Gasteiger partial charge in [-0.2, -0.15) is 0 Å². The van der Waals surface area contributed by atoms with E-state index >= 15 is 8.78 Å². The smallest absolute Gasteiger partial charge is 0.413 e. The van der Waals surface area contributed by atoms with Gasteiger partial charge in [0, 0.05) is 56.8 Å². The average molecular weight is 824 g/mol. The Balaban J connectivity index is 1.67. The Bertz CT molecular complexity index is 1860. The zero-order valence-corrected chi connectivity index (χ0v) is 34.3. The van der Waals surface area contributed by atoms with Crippen LogP contribution < -0.4 is 20.7 Å². The van der Waals surface area contributed by atoms with E-state index in [0.29, 0.717) is 6.42 Å². The fraction of sp³-hybridized carbons (Fsp3) is 0.475. The van der Waals surface area contributed by atoms with E-state index in [1.165, 1.54) is 69.6 Å². The predicted molar refractivity (Wildman–Crippen MR) is 209 cm³/mol. The molecule has 0 aromatic heterocycles. The molecule has 0 radical (unpaired) electrons. The number of nitrogens with zero attached hydrogens (tertiary/aromatic N) is 1. The van der Waals surface area contributed by atoms with E-state index in [4.69, 9.17) is 46.9 Å². The molecule has 1 aliphatic rings. The largest absolute Gasteiger partial charge is 0.495 e. The minimum absolute atomic E-state index is 0.0360. The van der Waals surface area contributed by atoms with Crippen LogP contribution in [-0.4, -0.2) is 95.9 Å². The number of methoxy groups -OCH3 is 3. The predicted octanol–water partition coefficient (Wildman–Crippen LogP) is 7.13. The molecule has 5 atom stereocenters. The summed E-state index contributed by atoms with van der Waals surface area (Å²) in [4.78, 5) is 41.8. The van der Waals surface area contributed by atoms with Gasteiger partial charge in [0.15, 0.2) is 0 Å². The van der Waals surface area contributed by atoms with Gasteiger partial charge in [-0.05, 0) is 60.8 Å². The Kier molecular flexibility index (Phi) is 15.5. The summed E-state index contributed by atoms with van der Waals surface area (Å²) in [5.41, 5.74) is -1.23. The lowest BCUT2D eigenvalue weighted by atomic mass is 9.67. The second kappa shape index (κ2) is 19.4. The summed E-state index contributed by atoms with van der Waals surface area (Å²) < 4.78 is 58.6. The highest BCUT2D eigenvalue weighted by atomic mass is 35.5. The molecule has 0 bridgehead atoms. The lowest BCUT2D eigenvalue weighted by Crippen LogP contribution is -2.54. The van der Waals surface area contributed by atoms with Crippen LogP contribution >= 0.6 is 23.2 Å². The summed E-state index contributed by atoms with van der Waals surface area (Å²) in [6.07, 6.45) is -1.55. The van der Waals surface area contributed by atoms with Gasteiger partial charge in [0.2, 0.25) is 12.2 Å². The van der Waals surface area contributed by atoms with E-state index in [9.17, 15) is 14.4 Å². The third-order valence-electron chi connectivity index (χ3n) is 9.58. The number of hydrogen-bond donors (Lipinski definition) is 3. The third-order valence-corrected chi connectivity index (χ3v) is 10.1. The Hall–Kier alpha value is -4.05. The van der Waals surface area contributed by atoms with Crippen molar-refractivity contribution in [3.05, 3.63) is 93.0 Å². The monoisotopic (exact) mass is 822 g/mol. The maximum Gasteiger partial charge on any atom is 0.413 e. The van der Waals surface area contributed by atoms with Gasteiger partial charge in [0.1, 0.15) is 17.4 Å². The van der Waals surface area contributed by atoms with E-state index in [-0.39, 0.29) is 69.9 Å². The number of halogens is 4. The van der Waals surface area contributed by atoms with Crippen LogP contribution in [0.15, 0.2) is 54.6 Å². The summed E-state index contributed by atoms with van der Waals surface area (Å²) >= 11 is 12.5. The summed E-state index contributed by atoms with van der Waals surface area (Å²) in [7, 11) is 6.00. The molecule has 0 saturated carbocycles. The molecule has 3 aromatic carbocycles. The normalized spacial score (nSPS) is 20.0. The number of rotatable bonds is 16. The van der Waals surface area contributed by atoms with Gasteiger partial charge >= 0.3 is 12.1 Å². The van der Waals surface area contributed by atoms with Gasteiger partial charge in [-0.25, -0.2) is 18.4 Å². The van der Waals surface area contributed by atoms with Crippen molar-refractivity contribution in [2.45, 2.75) is 63.9 Å². The number of carbonyl (C=O) groups is 3. The molecule has 1 saturated heterocycles. The SMILES string of the molecule is CN[C@]1(c2ccc(Cl)cc2F)[C@H](CC(C)(C)C)N[C@@H](C(=O)Nc2ccc(C(=O)OC(C)OC(=O)N(CCOC)CCOC)cc2OC)[C@@H]1c1cccc(Cl)c1F. The highest BCUT2D eigenvalue weighted by molar-refractivity contribution is 6.31. The molecule has 1 unspecified atom stereocenters. The fourth-order valence-electron chi connectivity index (χ4n) is 7.10. The van der Waals surface area contributed by atoms with E-state index in [1.54, 1.807) is 25.2 Å². The second-order valence-electron chi connectivity index (χ2n) is 14.6. The topological polar surface area (TPSA) is 137 Å². The standard InChI is InChI=1S/C40H50Cl2F2N4O8/c1-23(56-38(51)48(16-18-52-6)17-19-53-7)55-37(50)24-12-15-30(31(20-24)54-8)46-36(49)35-33(26-10-9-11-28(42)34(26)44)40(45-5,32(47-35)22-39(2,3)4)27-14-13-25(41)21-29(27)43/h9-15,20-21,23,32-33,35,45,47H,16-19,22H2,1-8H3,(H,46,49)/t23?,32-,33-,35+,40+/m0/s1. The van der Waals surface area contributed by atoms with Gasteiger partial charge in [0.25, 0.3) is 0 Å². The Morgan fingerprint density at radius 2 is 1.64 bits per heavy atom. The van der Waals surface area contributed by atoms with Crippen LogP contribution in [0.25, 0.3) is 0 Å². The number of hydrogen-bond acceptors (Lipinski definition) is 10. The minimum atomic E-state index is -1.39. The van der Waals surface area contributed by atoms with Gasteiger partial charge < -0.3 is 44.5 Å². The molecular weight excluding hydrogens is 773 g/mol. The first-order chi connectivity index (χ1) is 26.5.